The quantitative estimate of drug-likeness (QED) is 0.691. The van der Waals surface area contributed by atoms with E-state index in [1.54, 1.807) is 24.3 Å². The number of hydrogen-bond donors (Lipinski definition) is 2. The summed E-state index contributed by atoms with van der Waals surface area (Å²) >= 11 is 0. The van der Waals surface area contributed by atoms with Gasteiger partial charge in [-0.15, -0.1) is 0 Å². The molecular weight excluding hydrogens is 402 g/mol. The van der Waals surface area contributed by atoms with Crippen molar-refractivity contribution in [2.75, 3.05) is 25.0 Å². The Morgan fingerprint density at radius 1 is 1.06 bits per heavy atom. The highest BCUT2D eigenvalue weighted by molar-refractivity contribution is 5.98. The summed E-state index contributed by atoms with van der Waals surface area (Å²) in [6, 6.07) is 15.5. The predicted octanol–water partition coefficient (Wildman–Crippen LogP) is 3.97. The van der Waals surface area contributed by atoms with E-state index in [0.29, 0.717) is 24.4 Å². The molecule has 0 radical (unpaired) electrons. The summed E-state index contributed by atoms with van der Waals surface area (Å²) in [6.07, 6.45) is 3.86. The van der Waals surface area contributed by atoms with Crippen molar-refractivity contribution in [3.63, 3.8) is 0 Å². The van der Waals surface area contributed by atoms with E-state index in [0.717, 1.165) is 30.9 Å². The van der Waals surface area contributed by atoms with Gasteiger partial charge in [0.2, 0.25) is 0 Å². The fourth-order valence-corrected chi connectivity index (χ4v) is 4.48. The van der Waals surface area contributed by atoms with E-state index in [9.17, 15) is 9.59 Å². The lowest BCUT2D eigenvalue weighted by Gasteiger charge is -2.30. The van der Waals surface area contributed by atoms with Crippen LogP contribution in [0.1, 0.15) is 54.1 Å². The highest BCUT2D eigenvalue weighted by atomic mass is 16.5. The first kappa shape index (κ1) is 22.5. The van der Waals surface area contributed by atoms with Crippen LogP contribution in [0.4, 0.5) is 5.69 Å². The van der Waals surface area contributed by atoms with E-state index < -0.39 is 6.10 Å². The molecule has 2 aliphatic rings. The van der Waals surface area contributed by atoms with Crippen molar-refractivity contribution in [3.05, 3.63) is 65.2 Å². The molecule has 4 rings (SSSR count). The molecule has 2 N–H and O–H groups in total. The molecule has 32 heavy (non-hydrogen) atoms. The first-order valence-corrected chi connectivity index (χ1v) is 11.7. The Morgan fingerprint density at radius 3 is 2.62 bits per heavy atom. The lowest BCUT2D eigenvalue weighted by Crippen LogP contribution is -2.33. The van der Waals surface area contributed by atoms with Crippen molar-refractivity contribution in [1.29, 1.82) is 0 Å². The third-order valence-corrected chi connectivity index (χ3v) is 6.24. The van der Waals surface area contributed by atoms with E-state index in [2.05, 4.69) is 46.7 Å². The second-order valence-electron chi connectivity index (χ2n) is 9.05. The standard InChI is InChI=1S/C26H33N3O3/c1-19-5-3-13-29(17-19)18-21-11-9-20(10-12-21)16-27-25(30)22-6-2-7-23(15-22)28-26(31)24-8-4-14-32-24/h2,6-7,9-12,15,19,24H,3-5,8,13-14,16-18H2,1H3,(H,27,30)(H,28,31). The molecule has 0 aliphatic carbocycles. The van der Waals surface area contributed by atoms with E-state index in [1.165, 1.54) is 31.5 Å². The van der Waals surface area contributed by atoms with Crippen molar-refractivity contribution in [2.24, 2.45) is 5.92 Å². The lowest BCUT2D eigenvalue weighted by molar-refractivity contribution is -0.124. The van der Waals surface area contributed by atoms with Gasteiger partial charge in [0.15, 0.2) is 0 Å². The minimum atomic E-state index is -0.395. The van der Waals surface area contributed by atoms with Gasteiger partial charge in [-0.1, -0.05) is 37.3 Å². The molecule has 2 saturated heterocycles. The largest absolute Gasteiger partial charge is 0.368 e. The maximum Gasteiger partial charge on any atom is 0.253 e. The van der Waals surface area contributed by atoms with Crippen molar-refractivity contribution in [1.82, 2.24) is 10.2 Å². The van der Waals surface area contributed by atoms with Crippen LogP contribution in [-0.2, 0) is 22.6 Å². The van der Waals surface area contributed by atoms with Gasteiger partial charge in [0.05, 0.1) is 0 Å². The van der Waals surface area contributed by atoms with Crippen LogP contribution in [-0.4, -0.2) is 42.5 Å². The summed E-state index contributed by atoms with van der Waals surface area (Å²) in [5, 5.41) is 5.82. The summed E-state index contributed by atoms with van der Waals surface area (Å²) in [7, 11) is 0. The van der Waals surface area contributed by atoms with Gasteiger partial charge in [0.25, 0.3) is 11.8 Å². The van der Waals surface area contributed by atoms with Gasteiger partial charge in [-0.3, -0.25) is 14.5 Å². The Kier molecular flexibility index (Phi) is 7.55. The van der Waals surface area contributed by atoms with Gasteiger partial charge in [-0.2, -0.15) is 0 Å². The van der Waals surface area contributed by atoms with Gasteiger partial charge >= 0.3 is 0 Å². The Labute approximate surface area is 190 Å². The zero-order valence-corrected chi connectivity index (χ0v) is 18.8. The smallest absolute Gasteiger partial charge is 0.253 e. The molecule has 2 aliphatic heterocycles. The molecule has 6 heteroatoms. The molecule has 2 fully saturated rings. The number of amides is 2. The van der Waals surface area contributed by atoms with E-state index in [-0.39, 0.29) is 11.8 Å². The van der Waals surface area contributed by atoms with Crippen LogP contribution in [0.25, 0.3) is 0 Å². The molecule has 2 amide bonds. The van der Waals surface area contributed by atoms with Gasteiger partial charge in [-0.05, 0) is 67.5 Å². The topological polar surface area (TPSA) is 70.7 Å². The van der Waals surface area contributed by atoms with Crippen molar-refractivity contribution >= 4 is 17.5 Å². The van der Waals surface area contributed by atoms with Crippen LogP contribution < -0.4 is 10.6 Å². The van der Waals surface area contributed by atoms with Gasteiger partial charge in [0.1, 0.15) is 6.10 Å². The van der Waals surface area contributed by atoms with Gasteiger partial charge in [-0.25, -0.2) is 0 Å². The average molecular weight is 436 g/mol. The zero-order valence-electron chi connectivity index (χ0n) is 18.8. The van der Waals surface area contributed by atoms with Crippen molar-refractivity contribution < 1.29 is 14.3 Å². The van der Waals surface area contributed by atoms with Gasteiger partial charge < -0.3 is 15.4 Å². The van der Waals surface area contributed by atoms with Crippen LogP contribution in [0.15, 0.2) is 48.5 Å². The van der Waals surface area contributed by atoms with E-state index in [1.807, 2.05) is 0 Å². The normalized spacial score (nSPS) is 21.3. The number of anilines is 1. The minimum absolute atomic E-state index is 0.154. The molecule has 2 atom stereocenters. The van der Waals surface area contributed by atoms with Crippen LogP contribution in [0.2, 0.25) is 0 Å². The molecule has 170 valence electrons. The number of rotatable bonds is 7. The zero-order chi connectivity index (χ0) is 22.3. The minimum Gasteiger partial charge on any atom is -0.368 e. The fraction of sp³-hybridized carbons (Fsp3) is 0.462. The summed E-state index contributed by atoms with van der Waals surface area (Å²) < 4.78 is 5.41. The Hall–Kier alpha value is -2.70. The fourth-order valence-electron chi connectivity index (χ4n) is 4.48. The van der Waals surface area contributed by atoms with Crippen molar-refractivity contribution in [3.8, 4) is 0 Å². The maximum absolute atomic E-state index is 12.6. The van der Waals surface area contributed by atoms with Crippen LogP contribution in [0, 0.1) is 5.92 Å². The van der Waals surface area contributed by atoms with Crippen LogP contribution >= 0.6 is 0 Å². The summed E-state index contributed by atoms with van der Waals surface area (Å²) in [6.45, 7) is 6.75. The number of carbonyl (C=O) groups is 2. The molecule has 0 bridgehead atoms. The number of likely N-dealkylation sites (tertiary alicyclic amines) is 1. The SMILES string of the molecule is CC1CCCN(Cc2ccc(CNC(=O)c3cccc(NC(=O)C4CCCO4)c3)cc2)C1. The monoisotopic (exact) mass is 435 g/mol. The molecule has 2 unspecified atom stereocenters. The molecule has 0 saturated carbocycles. The highest BCUT2D eigenvalue weighted by Gasteiger charge is 2.23. The second-order valence-corrected chi connectivity index (χ2v) is 9.05. The Balaban J connectivity index is 1.27. The third-order valence-electron chi connectivity index (χ3n) is 6.24. The number of ether oxygens (including phenoxy) is 1. The van der Waals surface area contributed by atoms with Crippen molar-refractivity contribution in [2.45, 2.75) is 51.8 Å². The third kappa shape index (κ3) is 6.17. The first-order valence-electron chi connectivity index (χ1n) is 11.7. The molecule has 0 aromatic heterocycles. The molecule has 2 aromatic carbocycles. The Morgan fingerprint density at radius 2 is 1.88 bits per heavy atom. The van der Waals surface area contributed by atoms with Crippen LogP contribution in [0.5, 0.6) is 0 Å². The van der Waals surface area contributed by atoms with Crippen LogP contribution in [0.3, 0.4) is 0 Å². The molecule has 0 spiro atoms. The number of piperidine rings is 1. The number of nitrogens with one attached hydrogen (secondary N) is 2. The summed E-state index contributed by atoms with van der Waals surface area (Å²) in [5.74, 6) is 0.463. The maximum atomic E-state index is 12.6. The number of benzene rings is 2. The summed E-state index contributed by atoms with van der Waals surface area (Å²) in [4.78, 5) is 27.4. The Bertz CT molecular complexity index is 922. The first-order chi connectivity index (χ1) is 15.6. The molecule has 2 aromatic rings. The molecule has 2 heterocycles. The highest BCUT2D eigenvalue weighted by Crippen LogP contribution is 2.19. The number of carbonyl (C=O) groups excluding carboxylic acids is 2. The van der Waals surface area contributed by atoms with E-state index >= 15 is 0 Å². The number of nitrogens with zero attached hydrogens (tertiary/aromatic N) is 1. The summed E-state index contributed by atoms with van der Waals surface area (Å²) in [5.41, 5.74) is 3.50. The van der Waals surface area contributed by atoms with Gasteiger partial charge in [0, 0.05) is 37.5 Å². The average Bonchev–Trinajstić information content (AvgIpc) is 3.34. The second kappa shape index (κ2) is 10.7. The van der Waals surface area contributed by atoms with E-state index in [4.69, 9.17) is 4.74 Å². The molecular formula is C26H33N3O3. The number of hydrogen-bond acceptors (Lipinski definition) is 4. The lowest BCUT2D eigenvalue weighted by atomic mass is 9.99. The predicted molar refractivity (Wildman–Crippen MR) is 125 cm³/mol. The molecule has 6 nitrogen and oxygen atoms in total.